The van der Waals surface area contributed by atoms with Gasteiger partial charge in [-0.05, 0) is 24.6 Å². The van der Waals surface area contributed by atoms with E-state index in [0.717, 1.165) is 46.4 Å². The molecule has 3 aromatic rings. The zero-order valence-corrected chi connectivity index (χ0v) is 15.8. The third kappa shape index (κ3) is 3.22. The molecule has 0 fully saturated rings. The van der Waals surface area contributed by atoms with Crippen molar-refractivity contribution in [1.29, 1.82) is 0 Å². The summed E-state index contributed by atoms with van der Waals surface area (Å²) in [5, 5.41) is 17.3. The third-order valence-corrected chi connectivity index (χ3v) is 5.42. The molecule has 0 bridgehead atoms. The van der Waals surface area contributed by atoms with E-state index in [9.17, 15) is 9.90 Å². The summed E-state index contributed by atoms with van der Waals surface area (Å²) in [7, 11) is 0. The molecule has 0 radical (unpaired) electrons. The maximum absolute atomic E-state index is 11.4. The average Bonchev–Trinajstić information content (AvgIpc) is 2.97. The Hall–Kier alpha value is -2.70. The first-order valence-corrected chi connectivity index (χ1v) is 9.38. The smallest absolute Gasteiger partial charge is 0.323 e. The van der Waals surface area contributed by atoms with Gasteiger partial charge < -0.3 is 20.3 Å². The second-order valence-electron chi connectivity index (χ2n) is 6.80. The van der Waals surface area contributed by atoms with Gasteiger partial charge in [0.25, 0.3) is 0 Å². The molecule has 4 rings (SSSR count). The fourth-order valence-electron chi connectivity index (χ4n) is 3.87. The zero-order valence-electron chi connectivity index (χ0n) is 15.0. The van der Waals surface area contributed by atoms with Gasteiger partial charge in [0.05, 0.1) is 6.04 Å². The van der Waals surface area contributed by atoms with Gasteiger partial charge in [-0.2, -0.15) is 0 Å². The molecular formula is C21H21N3O2S. The van der Waals surface area contributed by atoms with Gasteiger partial charge >= 0.3 is 5.97 Å². The number of nitrogens with zero attached hydrogens (tertiary/aromatic N) is 1. The topological polar surface area (TPSA) is 66.3 Å². The van der Waals surface area contributed by atoms with Crippen molar-refractivity contribution in [2.75, 3.05) is 11.9 Å². The summed E-state index contributed by atoms with van der Waals surface area (Å²) in [5.74, 6) is -0.839. The normalized spacial score (nSPS) is 16.1. The number of hydrogen-bond acceptors (Lipinski definition) is 3. The van der Waals surface area contributed by atoms with Gasteiger partial charge in [0.15, 0.2) is 0 Å². The largest absolute Gasteiger partial charge is 0.480 e. The highest BCUT2D eigenvalue weighted by molar-refractivity contribution is 7.80. The van der Waals surface area contributed by atoms with Crippen LogP contribution in [0.1, 0.15) is 22.9 Å². The van der Waals surface area contributed by atoms with Gasteiger partial charge in [0.1, 0.15) is 11.5 Å². The van der Waals surface area contributed by atoms with Crippen LogP contribution in [0.3, 0.4) is 0 Å². The molecule has 1 aromatic heterocycles. The van der Waals surface area contributed by atoms with Crippen molar-refractivity contribution < 1.29 is 9.90 Å². The summed E-state index contributed by atoms with van der Waals surface area (Å²) in [4.78, 5) is 12.1. The lowest BCUT2D eigenvalue weighted by Gasteiger charge is -2.27. The number of carboxylic acids is 1. The van der Waals surface area contributed by atoms with Crippen molar-refractivity contribution >= 4 is 39.8 Å². The van der Waals surface area contributed by atoms with Crippen molar-refractivity contribution in [3.05, 3.63) is 65.4 Å². The van der Waals surface area contributed by atoms with E-state index in [0.29, 0.717) is 4.99 Å². The second kappa shape index (κ2) is 7.13. The first-order valence-electron chi connectivity index (χ1n) is 8.98. The number of anilines is 1. The lowest BCUT2D eigenvalue weighted by molar-refractivity contribution is -0.137. The Labute approximate surface area is 163 Å². The van der Waals surface area contributed by atoms with Gasteiger partial charge in [-0.25, -0.2) is 0 Å². The molecule has 138 valence electrons. The SMILES string of the molecule is Cc1ccccc1NC(=S)C1NCCc2c1c1ccccc1n2CC(=O)O. The van der Waals surface area contributed by atoms with Crippen LogP contribution in [0.5, 0.6) is 0 Å². The molecule has 0 spiro atoms. The number of aryl methyl sites for hydroxylation is 1. The highest BCUT2D eigenvalue weighted by Crippen LogP contribution is 2.35. The number of benzene rings is 2. The Morgan fingerprint density at radius 2 is 2.00 bits per heavy atom. The van der Waals surface area contributed by atoms with Crippen LogP contribution in [-0.4, -0.2) is 27.2 Å². The molecule has 0 aliphatic carbocycles. The molecule has 1 unspecified atom stereocenters. The lowest BCUT2D eigenvalue weighted by atomic mass is 9.97. The van der Waals surface area contributed by atoms with E-state index < -0.39 is 5.97 Å². The molecule has 3 N–H and O–H groups in total. The summed E-state index contributed by atoms with van der Waals surface area (Å²) in [5.41, 5.74) is 5.20. The zero-order chi connectivity index (χ0) is 19.0. The molecule has 2 aromatic carbocycles. The molecule has 5 nitrogen and oxygen atoms in total. The van der Waals surface area contributed by atoms with Crippen LogP contribution < -0.4 is 10.6 Å². The number of aliphatic carboxylic acids is 1. The molecule has 27 heavy (non-hydrogen) atoms. The first-order chi connectivity index (χ1) is 13.1. The minimum Gasteiger partial charge on any atom is -0.480 e. The Morgan fingerprint density at radius 3 is 2.78 bits per heavy atom. The number of aromatic nitrogens is 1. The average molecular weight is 379 g/mol. The standard InChI is InChI=1S/C21H21N3O2S/c1-13-6-2-4-8-15(13)23-21(27)20-19-14-7-3-5-9-16(14)24(12-18(25)26)17(19)10-11-22-20/h2-9,20,22H,10-12H2,1H3,(H,23,27)(H,25,26). The Kier molecular flexibility index (Phi) is 4.68. The third-order valence-electron chi connectivity index (χ3n) is 5.08. The van der Waals surface area contributed by atoms with E-state index in [2.05, 4.69) is 10.6 Å². The van der Waals surface area contributed by atoms with E-state index in [4.69, 9.17) is 12.2 Å². The number of nitrogens with one attached hydrogen (secondary N) is 2. The van der Waals surface area contributed by atoms with Crippen LogP contribution in [0.4, 0.5) is 5.69 Å². The van der Waals surface area contributed by atoms with E-state index in [-0.39, 0.29) is 12.6 Å². The number of fused-ring (bicyclic) bond motifs is 3. The van der Waals surface area contributed by atoms with E-state index in [1.807, 2.05) is 60.0 Å². The second-order valence-corrected chi connectivity index (χ2v) is 7.24. The fraction of sp³-hybridized carbons (Fsp3) is 0.238. The summed E-state index contributed by atoms with van der Waals surface area (Å²) in [6.45, 7) is 2.76. The quantitative estimate of drug-likeness (QED) is 0.604. The predicted molar refractivity (Wildman–Crippen MR) is 111 cm³/mol. The van der Waals surface area contributed by atoms with Crippen molar-refractivity contribution in [3.8, 4) is 0 Å². The van der Waals surface area contributed by atoms with Gasteiger partial charge in [-0.3, -0.25) is 4.79 Å². The molecule has 1 atom stereocenters. The number of para-hydroxylation sites is 2. The molecule has 0 saturated carbocycles. The lowest BCUT2D eigenvalue weighted by Crippen LogP contribution is -2.37. The van der Waals surface area contributed by atoms with Crippen molar-refractivity contribution in [1.82, 2.24) is 9.88 Å². The number of rotatable bonds is 4. The van der Waals surface area contributed by atoms with Crippen LogP contribution in [0.2, 0.25) is 0 Å². The Balaban J connectivity index is 1.78. The summed E-state index contributed by atoms with van der Waals surface area (Å²) < 4.78 is 1.91. The molecular weight excluding hydrogens is 358 g/mol. The van der Waals surface area contributed by atoms with Gasteiger partial charge in [-0.15, -0.1) is 0 Å². The van der Waals surface area contributed by atoms with Crippen LogP contribution in [0.25, 0.3) is 10.9 Å². The number of hydrogen-bond donors (Lipinski definition) is 3. The van der Waals surface area contributed by atoms with Crippen molar-refractivity contribution in [2.24, 2.45) is 0 Å². The van der Waals surface area contributed by atoms with Crippen molar-refractivity contribution in [2.45, 2.75) is 25.9 Å². The molecule has 6 heteroatoms. The first kappa shape index (κ1) is 17.7. The Bertz CT molecular complexity index is 1040. The highest BCUT2D eigenvalue weighted by atomic mass is 32.1. The van der Waals surface area contributed by atoms with Crippen LogP contribution in [-0.2, 0) is 17.8 Å². The van der Waals surface area contributed by atoms with Gasteiger partial charge in [-0.1, -0.05) is 48.6 Å². The number of carbonyl (C=O) groups is 1. The summed E-state index contributed by atoms with van der Waals surface area (Å²) >= 11 is 5.75. The van der Waals surface area contributed by atoms with Crippen molar-refractivity contribution in [3.63, 3.8) is 0 Å². The maximum atomic E-state index is 11.4. The van der Waals surface area contributed by atoms with Crippen LogP contribution in [0, 0.1) is 6.92 Å². The predicted octanol–water partition coefficient (Wildman–Crippen LogP) is 3.66. The minimum atomic E-state index is -0.839. The number of carboxylic acid groups (broad SMARTS) is 1. The summed E-state index contributed by atoms with van der Waals surface area (Å²) in [6, 6.07) is 15.8. The van der Waals surface area contributed by atoms with Gasteiger partial charge in [0, 0.05) is 40.8 Å². The molecule has 1 aliphatic rings. The monoisotopic (exact) mass is 379 g/mol. The molecule has 0 saturated heterocycles. The van der Waals surface area contributed by atoms with E-state index >= 15 is 0 Å². The Morgan fingerprint density at radius 1 is 1.26 bits per heavy atom. The molecule has 2 heterocycles. The molecule has 0 amide bonds. The minimum absolute atomic E-state index is 0.0411. The fourth-order valence-corrected chi connectivity index (χ4v) is 4.18. The maximum Gasteiger partial charge on any atom is 0.323 e. The van der Waals surface area contributed by atoms with Crippen LogP contribution >= 0.6 is 12.2 Å². The highest BCUT2D eigenvalue weighted by Gasteiger charge is 2.30. The van der Waals surface area contributed by atoms with Gasteiger partial charge in [0.2, 0.25) is 0 Å². The molecule has 1 aliphatic heterocycles. The van der Waals surface area contributed by atoms with E-state index in [1.54, 1.807) is 0 Å². The number of thiocarbonyl (C=S) groups is 1. The van der Waals surface area contributed by atoms with Crippen LogP contribution in [0.15, 0.2) is 48.5 Å². The summed E-state index contributed by atoms with van der Waals surface area (Å²) in [6.07, 6.45) is 0.779. The van der Waals surface area contributed by atoms with E-state index in [1.165, 1.54) is 0 Å².